The Morgan fingerprint density at radius 3 is 2.63 bits per heavy atom. The van der Waals surface area contributed by atoms with Crippen molar-refractivity contribution < 1.29 is 18.4 Å². The molecule has 1 aliphatic carbocycles. The first-order chi connectivity index (χ1) is 12.7. The summed E-state index contributed by atoms with van der Waals surface area (Å²) in [6.07, 6.45) is 1.64. The molecule has 0 radical (unpaired) electrons. The van der Waals surface area contributed by atoms with Crippen molar-refractivity contribution >= 4 is 11.9 Å². The van der Waals surface area contributed by atoms with Crippen LogP contribution in [0.1, 0.15) is 49.0 Å². The Balaban J connectivity index is 1.54. The highest BCUT2D eigenvalue weighted by atomic mass is 19.1. The van der Waals surface area contributed by atoms with Gasteiger partial charge in [-0.3, -0.25) is 10.2 Å². The third kappa shape index (κ3) is 4.87. The molecule has 3 amide bonds. The lowest BCUT2D eigenvalue weighted by atomic mass is 9.75. The number of nitrogens with one attached hydrogen (secondary N) is 3. The van der Waals surface area contributed by atoms with Crippen molar-refractivity contribution in [2.75, 3.05) is 0 Å². The number of aryl methyl sites for hydroxylation is 1. The number of amides is 3. The number of carbonyl (C=O) groups is 2. The zero-order valence-corrected chi connectivity index (χ0v) is 15.7. The van der Waals surface area contributed by atoms with Crippen LogP contribution in [-0.4, -0.2) is 11.9 Å². The topological polar surface area (TPSA) is 83.4 Å². The summed E-state index contributed by atoms with van der Waals surface area (Å²) in [5.41, 5.74) is 6.38. The van der Waals surface area contributed by atoms with Crippen molar-refractivity contribution in [3.05, 3.63) is 58.8 Å². The molecule has 0 bridgehead atoms. The molecule has 1 heterocycles. The van der Waals surface area contributed by atoms with E-state index in [0.717, 1.165) is 29.9 Å². The lowest BCUT2D eigenvalue weighted by molar-refractivity contribution is -0.121. The van der Waals surface area contributed by atoms with E-state index in [1.54, 1.807) is 0 Å². The molecule has 0 aliphatic heterocycles. The number of carbonyl (C=O) groups excluding carboxylic acids is 2. The third-order valence-electron chi connectivity index (χ3n) is 4.63. The van der Waals surface area contributed by atoms with Crippen LogP contribution in [-0.2, 0) is 17.6 Å². The average molecular weight is 373 g/mol. The maximum absolute atomic E-state index is 12.9. The van der Waals surface area contributed by atoms with Crippen LogP contribution >= 0.6 is 0 Å². The largest absolute Gasteiger partial charge is 0.466 e. The molecule has 1 aromatic carbocycles. The van der Waals surface area contributed by atoms with Crippen LogP contribution in [0.25, 0.3) is 0 Å². The monoisotopic (exact) mass is 373 g/mol. The summed E-state index contributed by atoms with van der Waals surface area (Å²) in [7, 11) is 0. The van der Waals surface area contributed by atoms with E-state index in [9.17, 15) is 14.0 Å². The Kier molecular flexibility index (Phi) is 5.21. The number of furan rings is 1. The standard InChI is InChI=1S/C20H24FN3O3/c1-12-8-15-16(10-20(2,3)11-17(15)27-12)22-19(26)24-23-18(25)9-13-4-6-14(21)7-5-13/h4-8,16H,9-11H2,1-3H3,(H,23,25)(H2,22,24,26). The summed E-state index contributed by atoms with van der Waals surface area (Å²) in [5, 5.41) is 2.90. The summed E-state index contributed by atoms with van der Waals surface area (Å²) < 4.78 is 18.6. The number of benzene rings is 1. The van der Waals surface area contributed by atoms with E-state index < -0.39 is 6.03 Å². The van der Waals surface area contributed by atoms with E-state index in [-0.39, 0.29) is 29.6 Å². The van der Waals surface area contributed by atoms with E-state index in [1.807, 2.05) is 13.0 Å². The van der Waals surface area contributed by atoms with E-state index in [2.05, 4.69) is 30.0 Å². The highest BCUT2D eigenvalue weighted by Crippen LogP contribution is 2.41. The second-order valence-electron chi connectivity index (χ2n) is 7.78. The first-order valence-corrected chi connectivity index (χ1v) is 8.91. The smallest absolute Gasteiger partial charge is 0.333 e. The zero-order valence-electron chi connectivity index (χ0n) is 15.7. The highest BCUT2D eigenvalue weighted by Gasteiger charge is 2.35. The number of hydrogen-bond acceptors (Lipinski definition) is 3. The van der Waals surface area contributed by atoms with Gasteiger partial charge in [0.25, 0.3) is 0 Å². The van der Waals surface area contributed by atoms with Crippen LogP contribution in [0.15, 0.2) is 34.7 Å². The quantitative estimate of drug-likeness (QED) is 0.722. The number of rotatable bonds is 3. The highest BCUT2D eigenvalue weighted by molar-refractivity contribution is 5.82. The summed E-state index contributed by atoms with van der Waals surface area (Å²) in [6.45, 7) is 6.15. The van der Waals surface area contributed by atoms with Crippen molar-refractivity contribution in [2.45, 2.75) is 46.1 Å². The number of fused-ring (bicyclic) bond motifs is 1. The van der Waals surface area contributed by atoms with Gasteiger partial charge in [-0.05, 0) is 42.5 Å². The van der Waals surface area contributed by atoms with E-state index >= 15 is 0 Å². The van der Waals surface area contributed by atoms with Crippen molar-refractivity contribution in [3.63, 3.8) is 0 Å². The molecule has 1 aliphatic rings. The van der Waals surface area contributed by atoms with Crippen LogP contribution in [0.2, 0.25) is 0 Å². The van der Waals surface area contributed by atoms with E-state index in [1.165, 1.54) is 24.3 Å². The van der Waals surface area contributed by atoms with Gasteiger partial charge in [-0.25, -0.2) is 14.6 Å². The molecule has 27 heavy (non-hydrogen) atoms. The summed E-state index contributed by atoms with van der Waals surface area (Å²) in [5.74, 6) is 0.966. The van der Waals surface area contributed by atoms with Gasteiger partial charge in [-0.2, -0.15) is 0 Å². The van der Waals surface area contributed by atoms with Gasteiger partial charge in [-0.15, -0.1) is 0 Å². The van der Waals surface area contributed by atoms with Crippen molar-refractivity contribution in [2.24, 2.45) is 5.41 Å². The van der Waals surface area contributed by atoms with Gasteiger partial charge >= 0.3 is 6.03 Å². The Morgan fingerprint density at radius 2 is 1.93 bits per heavy atom. The summed E-state index contributed by atoms with van der Waals surface area (Å²) in [6, 6.07) is 6.91. The second kappa shape index (κ2) is 7.42. The van der Waals surface area contributed by atoms with Gasteiger partial charge < -0.3 is 9.73 Å². The predicted molar refractivity (Wildman–Crippen MR) is 98.2 cm³/mol. The van der Waals surface area contributed by atoms with Gasteiger partial charge in [0.15, 0.2) is 0 Å². The molecule has 1 atom stereocenters. The third-order valence-corrected chi connectivity index (χ3v) is 4.63. The molecule has 1 aromatic heterocycles. The molecular weight excluding hydrogens is 349 g/mol. The first kappa shape index (κ1) is 18.9. The van der Waals surface area contributed by atoms with Crippen LogP contribution in [0.4, 0.5) is 9.18 Å². The molecule has 3 N–H and O–H groups in total. The molecule has 0 saturated carbocycles. The predicted octanol–water partition coefficient (Wildman–Crippen LogP) is 3.31. The maximum atomic E-state index is 12.9. The SMILES string of the molecule is Cc1cc2c(o1)CC(C)(C)CC2NC(=O)NNC(=O)Cc1ccc(F)cc1. The molecule has 0 spiro atoms. The molecule has 0 saturated heterocycles. The maximum Gasteiger partial charge on any atom is 0.333 e. The minimum atomic E-state index is -0.491. The molecule has 7 heteroatoms. The van der Waals surface area contributed by atoms with E-state index in [4.69, 9.17) is 4.42 Å². The second-order valence-corrected chi connectivity index (χ2v) is 7.78. The fraction of sp³-hybridized carbons (Fsp3) is 0.400. The minimum Gasteiger partial charge on any atom is -0.466 e. The Hall–Kier alpha value is -2.83. The number of hydrazine groups is 1. The first-order valence-electron chi connectivity index (χ1n) is 8.91. The lowest BCUT2D eigenvalue weighted by Crippen LogP contribution is -2.49. The van der Waals surface area contributed by atoms with Crippen LogP contribution in [0.3, 0.4) is 0 Å². The molecular formula is C20H24FN3O3. The molecule has 2 aromatic rings. The number of halogens is 1. The molecule has 0 fully saturated rings. The van der Waals surface area contributed by atoms with Gasteiger partial charge in [0.1, 0.15) is 17.3 Å². The zero-order chi connectivity index (χ0) is 19.6. The van der Waals surface area contributed by atoms with Crippen molar-refractivity contribution in [3.8, 4) is 0 Å². The van der Waals surface area contributed by atoms with Gasteiger partial charge in [0.2, 0.25) is 5.91 Å². The van der Waals surface area contributed by atoms with E-state index in [0.29, 0.717) is 5.56 Å². The summed E-state index contributed by atoms with van der Waals surface area (Å²) in [4.78, 5) is 24.2. The Bertz CT molecular complexity index is 843. The average Bonchev–Trinajstić information content (AvgIpc) is 2.94. The molecule has 6 nitrogen and oxygen atoms in total. The molecule has 3 rings (SSSR count). The lowest BCUT2D eigenvalue weighted by Gasteiger charge is -2.34. The number of hydrogen-bond donors (Lipinski definition) is 3. The van der Waals surface area contributed by atoms with Crippen LogP contribution in [0.5, 0.6) is 0 Å². The molecule has 1 unspecified atom stereocenters. The van der Waals surface area contributed by atoms with Crippen molar-refractivity contribution in [1.82, 2.24) is 16.2 Å². The number of urea groups is 1. The van der Waals surface area contributed by atoms with Crippen LogP contribution < -0.4 is 16.2 Å². The van der Waals surface area contributed by atoms with Gasteiger partial charge in [0, 0.05) is 12.0 Å². The molecule has 144 valence electrons. The fourth-order valence-electron chi connectivity index (χ4n) is 3.47. The Labute approximate surface area is 157 Å². The fourth-order valence-corrected chi connectivity index (χ4v) is 3.47. The van der Waals surface area contributed by atoms with Crippen LogP contribution in [0, 0.1) is 18.2 Å². The Morgan fingerprint density at radius 1 is 1.22 bits per heavy atom. The summed E-state index contributed by atoms with van der Waals surface area (Å²) >= 11 is 0. The normalized spacial score (nSPS) is 17.7. The van der Waals surface area contributed by atoms with Crippen molar-refractivity contribution in [1.29, 1.82) is 0 Å². The minimum absolute atomic E-state index is 0.00106. The van der Waals surface area contributed by atoms with Gasteiger partial charge in [0.05, 0.1) is 12.5 Å². The van der Waals surface area contributed by atoms with Gasteiger partial charge in [-0.1, -0.05) is 26.0 Å².